The average Bonchev–Trinajstić information content (AvgIpc) is 2.82. The van der Waals surface area contributed by atoms with Crippen molar-refractivity contribution in [2.75, 3.05) is 0 Å². The average molecular weight is 443 g/mol. The first-order valence-corrected chi connectivity index (χ1v) is 8.16. The Morgan fingerprint density at radius 2 is 1.78 bits per heavy atom. The Kier molecular flexibility index (Phi) is 4.11. The third kappa shape index (κ3) is 2.84. The third-order valence-electron chi connectivity index (χ3n) is 3.41. The lowest BCUT2D eigenvalue weighted by Gasteiger charge is -2.14. The molecule has 0 spiro atoms. The van der Waals surface area contributed by atoms with Crippen molar-refractivity contribution in [2.45, 2.75) is 12.8 Å². The molecule has 0 bridgehead atoms. The molecule has 1 N–H and O–H groups in total. The van der Waals surface area contributed by atoms with E-state index in [1.807, 2.05) is 0 Å². The summed E-state index contributed by atoms with van der Waals surface area (Å²) in [4.78, 5) is 40.1. The lowest BCUT2D eigenvalue weighted by Crippen LogP contribution is -2.32. The van der Waals surface area contributed by atoms with Crippen molar-refractivity contribution in [3.8, 4) is 5.75 Å². The van der Waals surface area contributed by atoms with E-state index in [1.165, 1.54) is 6.07 Å². The molecule has 1 aliphatic heterocycles. The summed E-state index contributed by atoms with van der Waals surface area (Å²) in [6.45, 7) is 0. The van der Waals surface area contributed by atoms with E-state index in [4.69, 9.17) is 4.84 Å². The van der Waals surface area contributed by atoms with Crippen molar-refractivity contribution in [3.63, 3.8) is 0 Å². The number of carbonyl (C=O) groups is 3. The zero-order chi connectivity index (χ0) is 16.7. The maximum Gasteiger partial charge on any atom is 0.367 e. The summed E-state index contributed by atoms with van der Waals surface area (Å²) >= 11 is 6.57. The number of phenolic OH excluding ortho intramolecular Hbond substituents is 1. The van der Waals surface area contributed by atoms with Crippen LogP contribution in [0.5, 0.6) is 5.75 Å². The maximum absolute atomic E-state index is 12.2. The largest absolute Gasteiger partial charge is 0.506 e. The summed E-state index contributed by atoms with van der Waals surface area (Å²) in [7, 11) is 0. The highest BCUT2D eigenvalue weighted by atomic mass is 79.9. The quantitative estimate of drug-likeness (QED) is 0.721. The number of nitrogens with zero attached hydrogens (tertiary/aromatic N) is 1. The molecule has 0 aliphatic carbocycles. The van der Waals surface area contributed by atoms with E-state index < -0.39 is 17.8 Å². The standard InChI is InChI=1S/C15H9Br2NO5/c16-8-1-2-9-7(5-8)6-10(14(21)13(9)17)15(22)23-18-11(19)3-4-12(18)20/h1-2,5-6,21H,3-4H2. The number of hydrogen-bond donors (Lipinski definition) is 1. The second-order valence-electron chi connectivity index (χ2n) is 4.91. The fraction of sp³-hybridized carbons (Fsp3) is 0.133. The van der Waals surface area contributed by atoms with E-state index in [0.717, 1.165) is 4.47 Å². The van der Waals surface area contributed by atoms with Crippen molar-refractivity contribution < 1.29 is 24.3 Å². The molecule has 0 atom stereocenters. The molecule has 3 rings (SSSR count). The SMILES string of the molecule is O=C(ON1C(=O)CCC1=O)c1cc2cc(Br)ccc2c(Br)c1O. The predicted octanol–water partition coefficient (Wildman–Crippen LogP) is 3.29. The number of amides is 2. The van der Waals surface area contributed by atoms with Crippen molar-refractivity contribution in [1.29, 1.82) is 0 Å². The molecule has 1 fully saturated rings. The van der Waals surface area contributed by atoms with Gasteiger partial charge in [-0.2, -0.15) is 0 Å². The molecule has 1 heterocycles. The summed E-state index contributed by atoms with van der Waals surface area (Å²) in [6.07, 6.45) is 0.0128. The molecule has 8 heteroatoms. The van der Waals surface area contributed by atoms with Crippen LogP contribution in [-0.2, 0) is 14.4 Å². The monoisotopic (exact) mass is 441 g/mol. The molecule has 0 aromatic heterocycles. The molecule has 1 saturated heterocycles. The van der Waals surface area contributed by atoms with E-state index in [-0.39, 0.29) is 24.2 Å². The van der Waals surface area contributed by atoms with Gasteiger partial charge in [-0.25, -0.2) is 4.79 Å². The van der Waals surface area contributed by atoms with Gasteiger partial charge in [-0.1, -0.05) is 22.0 Å². The summed E-state index contributed by atoms with van der Waals surface area (Å²) in [6, 6.07) is 6.77. The highest BCUT2D eigenvalue weighted by Gasteiger charge is 2.34. The van der Waals surface area contributed by atoms with Gasteiger partial charge in [-0.3, -0.25) is 9.59 Å². The Morgan fingerprint density at radius 3 is 2.43 bits per heavy atom. The number of hydroxylamine groups is 2. The number of aromatic hydroxyl groups is 1. The van der Waals surface area contributed by atoms with Crippen LogP contribution in [0.25, 0.3) is 10.8 Å². The molecule has 2 amide bonds. The number of imide groups is 1. The summed E-state index contributed by atoms with van der Waals surface area (Å²) in [5.41, 5.74) is -0.144. The van der Waals surface area contributed by atoms with Gasteiger partial charge in [-0.05, 0) is 44.9 Å². The van der Waals surface area contributed by atoms with Crippen molar-refractivity contribution >= 4 is 60.4 Å². The van der Waals surface area contributed by atoms with Crippen LogP contribution in [0.3, 0.4) is 0 Å². The second-order valence-corrected chi connectivity index (χ2v) is 6.62. The fourth-order valence-corrected chi connectivity index (χ4v) is 3.22. The van der Waals surface area contributed by atoms with Gasteiger partial charge in [0.1, 0.15) is 11.3 Å². The van der Waals surface area contributed by atoms with Crippen LogP contribution >= 0.6 is 31.9 Å². The smallest absolute Gasteiger partial charge is 0.367 e. The molecular formula is C15H9Br2NO5. The first-order chi connectivity index (χ1) is 10.9. The van der Waals surface area contributed by atoms with Crippen LogP contribution in [0, 0.1) is 0 Å². The Balaban J connectivity index is 2.02. The van der Waals surface area contributed by atoms with Crippen LogP contribution in [0.2, 0.25) is 0 Å². The molecule has 6 nitrogen and oxygen atoms in total. The fourth-order valence-electron chi connectivity index (χ4n) is 2.27. The molecule has 2 aromatic carbocycles. The number of halogens is 2. The highest BCUT2D eigenvalue weighted by Crippen LogP contribution is 2.37. The second kappa shape index (κ2) is 5.93. The van der Waals surface area contributed by atoms with Gasteiger partial charge in [0.05, 0.1) is 4.47 Å². The van der Waals surface area contributed by atoms with Crippen molar-refractivity contribution in [2.24, 2.45) is 0 Å². The summed E-state index contributed by atoms with van der Waals surface area (Å²) < 4.78 is 1.13. The Hall–Kier alpha value is -1.93. The summed E-state index contributed by atoms with van der Waals surface area (Å²) in [5.74, 6) is -2.45. The van der Waals surface area contributed by atoms with Gasteiger partial charge in [0.15, 0.2) is 0 Å². The molecule has 0 unspecified atom stereocenters. The van der Waals surface area contributed by atoms with Gasteiger partial charge in [0, 0.05) is 17.3 Å². The molecule has 0 radical (unpaired) electrons. The maximum atomic E-state index is 12.2. The third-order valence-corrected chi connectivity index (χ3v) is 4.71. The number of hydrogen-bond acceptors (Lipinski definition) is 5. The first-order valence-electron chi connectivity index (χ1n) is 6.57. The highest BCUT2D eigenvalue weighted by molar-refractivity contribution is 9.11. The van der Waals surface area contributed by atoms with Crippen LogP contribution in [0.1, 0.15) is 23.2 Å². The molecule has 2 aromatic rings. The number of benzene rings is 2. The van der Waals surface area contributed by atoms with Gasteiger partial charge < -0.3 is 9.94 Å². The normalized spacial score (nSPS) is 14.6. The Morgan fingerprint density at radius 1 is 1.13 bits per heavy atom. The van der Waals surface area contributed by atoms with Crippen LogP contribution in [0.15, 0.2) is 33.2 Å². The molecule has 1 aliphatic rings. The molecule has 0 saturated carbocycles. The van der Waals surface area contributed by atoms with E-state index in [2.05, 4.69) is 31.9 Å². The van der Waals surface area contributed by atoms with Crippen LogP contribution in [-0.4, -0.2) is 28.0 Å². The Bertz CT molecular complexity index is 849. The van der Waals surface area contributed by atoms with E-state index in [9.17, 15) is 19.5 Å². The van der Waals surface area contributed by atoms with Gasteiger partial charge in [0.25, 0.3) is 11.8 Å². The number of fused-ring (bicyclic) bond motifs is 1. The minimum atomic E-state index is -0.978. The minimum Gasteiger partial charge on any atom is -0.506 e. The van der Waals surface area contributed by atoms with Crippen molar-refractivity contribution in [3.05, 3.63) is 38.8 Å². The number of carbonyl (C=O) groups excluding carboxylic acids is 3. The summed E-state index contributed by atoms with van der Waals surface area (Å²) in [5, 5.41) is 12.0. The van der Waals surface area contributed by atoms with Gasteiger partial charge in [0.2, 0.25) is 0 Å². The zero-order valence-electron chi connectivity index (χ0n) is 11.5. The van der Waals surface area contributed by atoms with Crippen LogP contribution < -0.4 is 0 Å². The predicted molar refractivity (Wildman–Crippen MR) is 87.5 cm³/mol. The number of rotatable bonds is 2. The zero-order valence-corrected chi connectivity index (χ0v) is 14.7. The van der Waals surface area contributed by atoms with Gasteiger partial charge in [-0.15, -0.1) is 5.06 Å². The molecular weight excluding hydrogens is 434 g/mol. The van der Waals surface area contributed by atoms with Gasteiger partial charge >= 0.3 is 5.97 Å². The van der Waals surface area contributed by atoms with Crippen LogP contribution in [0.4, 0.5) is 0 Å². The minimum absolute atomic E-state index is 0.00641. The first kappa shape index (κ1) is 15.9. The van der Waals surface area contributed by atoms with E-state index in [1.54, 1.807) is 18.2 Å². The topological polar surface area (TPSA) is 83.9 Å². The lowest BCUT2D eigenvalue weighted by atomic mass is 10.1. The van der Waals surface area contributed by atoms with E-state index >= 15 is 0 Å². The number of phenols is 1. The van der Waals surface area contributed by atoms with E-state index in [0.29, 0.717) is 20.3 Å². The molecule has 118 valence electrons. The van der Waals surface area contributed by atoms with Crippen molar-refractivity contribution in [1.82, 2.24) is 5.06 Å². The molecule has 23 heavy (non-hydrogen) atoms. The lowest BCUT2D eigenvalue weighted by molar-refractivity contribution is -0.172. The Labute approximate surface area is 147 Å².